The lowest BCUT2D eigenvalue weighted by Crippen LogP contribution is -2.55. The number of amides is 2. The molecule has 23 heavy (non-hydrogen) atoms. The molecule has 0 fully saturated rings. The number of unbranched alkanes of at least 4 members (excludes halogenated alkanes) is 2. The van der Waals surface area contributed by atoms with E-state index >= 15 is 0 Å². The molecule has 0 radical (unpaired) electrons. The number of carbonyl (C=O) groups excluding carboxylic acids is 2. The molecule has 0 bridgehead atoms. The lowest BCUT2D eigenvalue weighted by Gasteiger charge is -2.35. The third kappa shape index (κ3) is 5.58. The van der Waals surface area contributed by atoms with Crippen molar-refractivity contribution in [3.63, 3.8) is 0 Å². The van der Waals surface area contributed by atoms with Crippen LogP contribution in [0, 0.1) is 0 Å². The largest absolute Gasteiger partial charge is 0.496 e. The van der Waals surface area contributed by atoms with Gasteiger partial charge in [-0.1, -0.05) is 31.9 Å². The average molecular weight is 320 g/mol. The maximum Gasteiger partial charge on any atom is 0.276 e. The van der Waals surface area contributed by atoms with Crippen LogP contribution in [0.4, 0.5) is 0 Å². The number of rotatable bonds is 6. The molecule has 0 unspecified atom stereocenters. The van der Waals surface area contributed by atoms with Gasteiger partial charge in [-0.05, 0) is 39.3 Å². The predicted octanol–water partition coefficient (Wildman–Crippen LogP) is 3.55. The highest BCUT2D eigenvalue weighted by atomic mass is 16.5. The summed E-state index contributed by atoms with van der Waals surface area (Å²) in [6, 6.07) is 7.01. The van der Waals surface area contributed by atoms with E-state index in [0.717, 1.165) is 19.3 Å². The normalized spacial score (nSPS) is 11.0. The van der Waals surface area contributed by atoms with E-state index in [-0.39, 0.29) is 11.8 Å². The fourth-order valence-corrected chi connectivity index (χ4v) is 2.18. The van der Waals surface area contributed by atoms with Crippen LogP contribution < -0.4 is 10.2 Å². The van der Waals surface area contributed by atoms with Crippen LogP contribution in [0.5, 0.6) is 5.75 Å². The molecule has 0 saturated carbocycles. The van der Waals surface area contributed by atoms with Crippen molar-refractivity contribution in [1.29, 1.82) is 0 Å². The molecule has 1 aromatic rings. The van der Waals surface area contributed by atoms with E-state index in [4.69, 9.17) is 4.74 Å². The van der Waals surface area contributed by atoms with Crippen molar-refractivity contribution >= 4 is 11.8 Å². The molecular formula is C18H28N2O3. The quantitative estimate of drug-likeness (QED) is 0.644. The SMILES string of the molecule is CCCCCC(=O)NN(C(=O)c1ccccc1OC)C(C)(C)C. The van der Waals surface area contributed by atoms with Crippen LogP contribution in [0.25, 0.3) is 0 Å². The van der Waals surface area contributed by atoms with Gasteiger partial charge in [0.25, 0.3) is 5.91 Å². The number of para-hydroxylation sites is 1. The van der Waals surface area contributed by atoms with Crippen molar-refractivity contribution in [1.82, 2.24) is 10.4 Å². The second-order valence-corrected chi connectivity index (χ2v) is 6.50. The summed E-state index contributed by atoms with van der Waals surface area (Å²) in [5.41, 5.74) is 2.64. The Balaban J connectivity index is 2.94. The Morgan fingerprint density at radius 1 is 1.17 bits per heavy atom. The summed E-state index contributed by atoms with van der Waals surface area (Å²) in [5, 5.41) is 1.39. The molecule has 1 aromatic carbocycles. The molecule has 0 saturated heterocycles. The molecule has 0 aliphatic rings. The van der Waals surface area contributed by atoms with E-state index in [1.165, 1.54) is 12.1 Å². The van der Waals surface area contributed by atoms with Crippen molar-refractivity contribution in [2.24, 2.45) is 0 Å². The topological polar surface area (TPSA) is 58.6 Å². The molecule has 0 aliphatic carbocycles. The first-order valence-electron chi connectivity index (χ1n) is 8.08. The molecule has 128 valence electrons. The smallest absolute Gasteiger partial charge is 0.276 e. The summed E-state index contributed by atoms with van der Waals surface area (Å²) < 4.78 is 5.25. The maximum absolute atomic E-state index is 12.9. The minimum Gasteiger partial charge on any atom is -0.496 e. The van der Waals surface area contributed by atoms with Gasteiger partial charge in [0.2, 0.25) is 5.91 Å². The molecule has 0 heterocycles. The van der Waals surface area contributed by atoms with E-state index in [1.54, 1.807) is 24.3 Å². The van der Waals surface area contributed by atoms with E-state index < -0.39 is 5.54 Å². The molecule has 5 nitrogen and oxygen atoms in total. The van der Waals surface area contributed by atoms with Crippen molar-refractivity contribution in [2.45, 2.75) is 58.9 Å². The van der Waals surface area contributed by atoms with Gasteiger partial charge in [-0.2, -0.15) is 0 Å². The van der Waals surface area contributed by atoms with Crippen molar-refractivity contribution in [3.8, 4) is 5.75 Å². The van der Waals surface area contributed by atoms with Gasteiger partial charge in [-0.25, -0.2) is 5.01 Å². The lowest BCUT2D eigenvalue weighted by molar-refractivity contribution is -0.127. The average Bonchev–Trinajstić information content (AvgIpc) is 2.51. The van der Waals surface area contributed by atoms with Crippen LogP contribution in [0.3, 0.4) is 0 Å². The summed E-state index contributed by atoms with van der Waals surface area (Å²) in [6.45, 7) is 7.73. The second kappa shape index (κ2) is 8.56. The van der Waals surface area contributed by atoms with Crippen LogP contribution in [-0.2, 0) is 4.79 Å². The first-order chi connectivity index (χ1) is 10.8. The number of ether oxygens (including phenoxy) is 1. The van der Waals surface area contributed by atoms with Gasteiger partial charge in [0.05, 0.1) is 18.2 Å². The molecule has 0 atom stereocenters. The molecule has 5 heteroatoms. The standard InChI is InChI=1S/C18H28N2O3/c1-6-7-8-13-16(21)19-20(18(2,3)4)17(22)14-11-9-10-12-15(14)23-5/h9-12H,6-8,13H2,1-5H3,(H,19,21). The van der Waals surface area contributed by atoms with Gasteiger partial charge >= 0.3 is 0 Å². The van der Waals surface area contributed by atoms with E-state index in [2.05, 4.69) is 12.3 Å². The predicted molar refractivity (Wildman–Crippen MR) is 91.2 cm³/mol. The Labute approximate surface area is 139 Å². The number of hydrazine groups is 1. The number of hydrogen-bond donors (Lipinski definition) is 1. The minimum absolute atomic E-state index is 0.142. The van der Waals surface area contributed by atoms with E-state index in [1.807, 2.05) is 20.8 Å². The minimum atomic E-state index is -0.543. The molecular weight excluding hydrogens is 292 g/mol. The van der Waals surface area contributed by atoms with Gasteiger partial charge in [0.15, 0.2) is 0 Å². The fraction of sp³-hybridized carbons (Fsp3) is 0.556. The van der Waals surface area contributed by atoms with Gasteiger partial charge in [0.1, 0.15) is 5.75 Å². The Hall–Kier alpha value is -2.04. The van der Waals surface area contributed by atoms with Gasteiger partial charge < -0.3 is 4.74 Å². The number of hydrogen-bond acceptors (Lipinski definition) is 3. The zero-order valence-electron chi connectivity index (χ0n) is 14.8. The first-order valence-corrected chi connectivity index (χ1v) is 8.08. The van der Waals surface area contributed by atoms with Gasteiger partial charge in [-0.15, -0.1) is 0 Å². The van der Waals surface area contributed by atoms with Crippen LogP contribution in [-0.4, -0.2) is 29.5 Å². The fourth-order valence-electron chi connectivity index (χ4n) is 2.18. The van der Waals surface area contributed by atoms with Crippen LogP contribution in [0.2, 0.25) is 0 Å². The molecule has 1 N–H and O–H groups in total. The number of carbonyl (C=O) groups is 2. The van der Waals surface area contributed by atoms with E-state index in [9.17, 15) is 9.59 Å². The maximum atomic E-state index is 12.9. The zero-order valence-corrected chi connectivity index (χ0v) is 14.8. The monoisotopic (exact) mass is 320 g/mol. The van der Waals surface area contributed by atoms with Gasteiger partial charge in [0, 0.05) is 6.42 Å². The van der Waals surface area contributed by atoms with Crippen LogP contribution >= 0.6 is 0 Å². The number of benzene rings is 1. The third-order valence-electron chi connectivity index (χ3n) is 3.46. The van der Waals surface area contributed by atoms with Crippen molar-refractivity contribution in [2.75, 3.05) is 7.11 Å². The highest BCUT2D eigenvalue weighted by Gasteiger charge is 2.30. The van der Waals surface area contributed by atoms with Crippen molar-refractivity contribution < 1.29 is 14.3 Å². The first kappa shape index (κ1) is 19.0. The molecule has 0 aromatic heterocycles. The highest BCUT2D eigenvalue weighted by Crippen LogP contribution is 2.22. The Morgan fingerprint density at radius 2 is 1.83 bits per heavy atom. The summed E-state index contributed by atoms with van der Waals surface area (Å²) in [5.74, 6) is 0.0717. The molecule has 0 aliphatic heterocycles. The summed E-state index contributed by atoms with van der Waals surface area (Å²) in [6.07, 6.45) is 3.29. The van der Waals surface area contributed by atoms with Gasteiger partial charge in [-0.3, -0.25) is 15.0 Å². The number of methoxy groups -OCH3 is 1. The number of nitrogens with one attached hydrogen (secondary N) is 1. The number of nitrogens with zero attached hydrogens (tertiary/aromatic N) is 1. The summed E-state index contributed by atoms with van der Waals surface area (Å²) >= 11 is 0. The van der Waals surface area contributed by atoms with Crippen LogP contribution in [0.15, 0.2) is 24.3 Å². The van der Waals surface area contributed by atoms with E-state index in [0.29, 0.717) is 17.7 Å². The van der Waals surface area contributed by atoms with Crippen molar-refractivity contribution in [3.05, 3.63) is 29.8 Å². The zero-order chi connectivity index (χ0) is 17.5. The van der Waals surface area contributed by atoms with Crippen LogP contribution in [0.1, 0.15) is 63.7 Å². The lowest BCUT2D eigenvalue weighted by atomic mass is 10.1. The third-order valence-corrected chi connectivity index (χ3v) is 3.46. The Bertz CT molecular complexity index is 535. The summed E-state index contributed by atoms with van der Waals surface area (Å²) in [4.78, 5) is 25.0. The molecule has 2 amide bonds. The highest BCUT2D eigenvalue weighted by molar-refractivity contribution is 5.98. The Morgan fingerprint density at radius 3 is 2.39 bits per heavy atom. The Kier molecular flexibility index (Phi) is 7.07. The summed E-state index contributed by atoms with van der Waals surface area (Å²) in [7, 11) is 1.52. The second-order valence-electron chi connectivity index (χ2n) is 6.50. The molecule has 0 spiro atoms. The molecule has 1 rings (SSSR count).